The lowest BCUT2D eigenvalue weighted by Gasteiger charge is -2.21. The Morgan fingerprint density at radius 1 is 1.20 bits per heavy atom. The standard InChI is InChI=1S/C17H15NO2/c1-10-9-18-15-6-4-3-5-12(15)13-7-11(20-2)8-14(16(13)18)17(10)19/h3-8,10H,9H2,1-2H3. The number of nitrogens with zero attached hydrogens (tertiary/aromatic N) is 1. The Labute approximate surface area is 116 Å². The molecular weight excluding hydrogens is 250 g/mol. The number of hydrogen-bond donors (Lipinski definition) is 0. The van der Waals surface area contributed by atoms with Crippen molar-refractivity contribution in [2.75, 3.05) is 7.11 Å². The van der Waals surface area contributed by atoms with E-state index >= 15 is 0 Å². The van der Waals surface area contributed by atoms with Crippen LogP contribution in [0.4, 0.5) is 0 Å². The van der Waals surface area contributed by atoms with Crippen molar-refractivity contribution in [3.8, 4) is 5.75 Å². The van der Waals surface area contributed by atoms with E-state index in [1.54, 1.807) is 7.11 Å². The highest BCUT2D eigenvalue weighted by Crippen LogP contribution is 2.38. The molecule has 0 saturated heterocycles. The maximum absolute atomic E-state index is 12.5. The number of methoxy groups -OCH3 is 1. The molecule has 1 atom stereocenters. The summed E-state index contributed by atoms with van der Waals surface area (Å²) < 4.78 is 7.64. The molecule has 0 radical (unpaired) electrons. The highest BCUT2D eigenvalue weighted by atomic mass is 16.5. The first kappa shape index (κ1) is 11.5. The van der Waals surface area contributed by atoms with Gasteiger partial charge in [-0.1, -0.05) is 25.1 Å². The van der Waals surface area contributed by atoms with Gasteiger partial charge in [-0.15, -0.1) is 0 Å². The first-order valence-corrected chi connectivity index (χ1v) is 6.84. The van der Waals surface area contributed by atoms with Crippen LogP contribution in [0.2, 0.25) is 0 Å². The molecule has 3 aromatic rings. The average molecular weight is 265 g/mol. The second kappa shape index (κ2) is 3.85. The van der Waals surface area contributed by atoms with Crippen molar-refractivity contribution >= 4 is 27.6 Å². The monoisotopic (exact) mass is 265 g/mol. The van der Waals surface area contributed by atoms with Gasteiger partial charge in [-0.2, -0.15) is 0 Å². The van der Waals surface area contributed by atoms with Gasteiger partial charge in [0, 0.05) is 34.3 Å². The molecule has 0 N–H and O–H groups in total. The fourth-order valence-corrected chi connectivity index (χ4v) is 3.28. The summed E-state index contributed by atoms with van der Waals surface area (Å²) in [6.45, 7) is 2.74. The summed E-state index contributed by atoms with van der Waals surface area (Å²) >= 11 is 0. The van der Waals surface area contributed by atoms with Gasteiger partial charge < -0.3 is 9.30 Å². The molecule has 100 valence electrons. The van der Waals surface area contributed by atoms with Crippen LogP contribution in [0, 0.1) is 5.92 Å². The normalized spacial score (nSPS) is 17.9. The van der Waals surface area contributed by atoms with E-state index in [4.69, 9.17) is 4.74 Å². The maximum atomic E-state index is 12.5. The zero-order valence-corrected chi connectivity index (χ0v) is 11.5. The van der Waals surface area contributed by atoms with E-state index in [9.17, 15) is 4.79 Å². The minimum Gasteiger partial charge on any atom is -0.497 e. The molecule has 0 saturated carbocycles. The van der Waals surface area contributed by atoms with Crippen molar-refractivity contribution in [3.05, 3.63) is 42.0 Å². The molecule has 0 fully saturated rings. The largest absolute Gasteiger partial charge is 0.497 e. The zero-order valence-electron chi connectivity index (χ0n) is 11.5. The van der Waals surface area contributed by atoms with Crippen LogP contribution in [0.15, 0.2) is 36.4 Å². The van der Waals surface area contributed by atoms with Gasteiger partial charge in [-0.05, 0) is 18.2 Å². The van der Waals surface area contributed by atoms with Crippen molar-refractivity contribution in [1.29, 1.82) is 0 Å². The summed E-state index contributed by atoms with van der Waals surface area (Å²) in [4.78, 5) is 12.5. The van der Waals surface area contributed by atoms with E-state index in [-0.39, 0.29) is 11.7 Å². The molecule has 20 heavy (non-hydrogen) atoms. The quantitative estimate of drug-likeness (QED) is 0.672. The van der Waals surface area contributed by atoms with Gasteiger partial charge in [0.1, 0.15) is 5.75 Å². The summed E-state index contributed by atoms with van der Waals surface area (Å²) in [6.07, 6.45) is 0. The molecule has 4 rings (SSSR count). The van der Waals surface area contributed by atoms with E-state index in [0.29, 0.717) is 0 Å². The number of carbonyl (C=O) groups is 1. The van der Waals surface area contributed by atoms with Gasteiger partial charge in [-0.25, -0.2) is 0 Å². The molecule has 1 aliphatic heterocycles. The number of benzene rings is 2. The highest BCUT2D eigenvalue weighted by molar-refractivity contribution is 6.18. The fourth-order valence-electron chi connectivity index (χ4n) is 3.28. The van der Waals surface area contributed by atoms with Crippen LogP contribution in [-0.2, 0) is 6.54 Å². The topological polar surface area (TPSA) is 31.2 Å². The van der Waals surface area contributed by atoms with Crippen molar-refractivity contribution in [2.45, 2.75) is 13.5 Å². The summed E-state index contributed by atoms with van der Waals surface area (Å²) in [5.74, 6) is 0.968. The summed E-state index contributed by atoms with van der Waals surface area (Å²) in [7, 11) is 1.64. The van der Waals surface area contributed by atoms with Crippen LogP contribution in [0.25, 0.3) is 21.8 Å². The number of para-hydroxylation sites is 1. The summed E-state index contributed by atoms with van der Waals surface area (Å²) in [5, 5.41) is 2.29. The van der Waals surface area contributed by atoms with E-state index in [2.05, 4.69) is 16.7 Å². The number of Topliss-reactive ketones (excluding diaryl/α,β-unsaturated/α-hetero) is 1. The van der Waals surface area contributed by atoms with Crippen molar-refractivity contribution in [3.63, 3.8) is 0 Å². The first-order valence-electron chi connectivity index (χ1n) is 6.84. The van der Waals surface area contributed by atoms with Gasteiger partial charge >= 0.3 is 0 Å². The predicted molar refractivity (Wildman–Crippen MR) is 79.5 cm³/mol. The van der Waals surface area contributed by atoms with E-state index in [0.717, 1.165) is 28.8 Å². The molecule has 0 amide bonds. The Kier molecular flexibility index (Phi) is 2.22. The molecule has 3 heteroatoms. The number of ketones is 1. The smallest absolute Gasteiger partial charge is 0.169 e. The average Bonchev–Trinajstić information content (AvgIpc) is 2.79. The molecule has 2 aromatic carbocycles. The Balaban J connectivity index is 2.26. The second-order valence-corrected chi connectivity index (χ2v) is 5.46. The Morgan fingerprint density at radius 3 is 2.80 bits per heavy atom. The Hall–Kier alpha value is -2.29. The molecule has 1 aliphatic rings. The van der Waals surface area contributed by atoms with Gasteiger partial charge in [-0.3, -0.25) is 4.79 Å². The summed E-state index contributed by atoms with van der Waals surface area (Å²) in [6, 6.07) is 12.2. The highest BCUT2D eigenvalue weighted by Gasteiger charge is 2.28. The van der Waals surface area contributed by atoms with Crippen molar-refractivity contribution in [2.24, 2.45) is 5.92 Å². The van der Waals surface area contributed by atoms with Crippen molar-refractivity contribution < 1.29 is 9.53 Å². The van der Waals surface area contributed by atoms with Gasteiger partial charge in [0.15, 0.2) is 5.78 Å². The van der Waals surface area contributed by atoms with E-state index in [1.165, 1.54) is 10.9 Å². The second-order valence-electron chi connectivity index (χ2n) is 5.46. The molecule has 2 heterocycles. The maximum Gasteiger partial charge on any atom is 0.169 e. The summed E-state index contributed by atoms with van der Waals surface area (Å²) in [5.41, 5.74) is 3.03. The van der Waals surface area contributed by atoms with Crippen LogP contribution in [0.1, 0.15) is 17.3 Å². The fraction of sp³-hybridized carbons (Fsp3) is 0.235. The lowest BCUT2D eigenvalue weighted by molar-refractivity contribution is 0.0913. The van der Waals surface area contributed by atoms with Crippen LogP contribution >= 0.6 is 0 Å². The Morgan fingerprint density at radius 2 is 2.00 bits per heavy atom. The number of rotatable bonds is 1. The number of hydrogen-bond acceptors (Lipinski definition) is 2. The van der Waals surface area contributed by atoms with Crippen molar-refractivity contribution in [1.82, 2.24) is 4.57 Å². The van der Waals surface area contributed by atoms with E-state index < -0.39 is 0 Å². The first-order chi connectivity index (χ1) is 9.70. The zero-order chi connectivity index (χ0) is 13.9. The third kappa shape index (κ3) is 1.32. The Bertz CT molecular complexity index is 860. The molecule has 1 aromatic heterocycles. The minimum absolute atomic E-state index is 0.00797. The van der Waals surface area contributed by atoms with Crippen LogP contribution in [-0.4, -0.2) is 17.5 Å². The van der Waals surface area contributed by atoms with Crippen LogP contribution in [0.3, 0.4) is 0 Å². The third-order valence-corrected chi connectivity index (χ3v) is 4.24. The molecule has 1 unspecified atom stereocenters. The molecular formula is C17H15NO2. The van der Waals surface area contributed by atoms with Gasteiger partial charge in [0.05, 0.1) is 12.6 Å². The van der Waals surface area contributed by atoms with E-state index in [1.807, 2.05) is 31.2 Å². The lowest BCUT2D eigenvalue weighted by Crippen LogP contribution is -2.23. The predicted octanol–water partition coefficient (Wildman–Crippen LogP) is 3.64. The number of ether oxygens (including phenoxy) is 1. The lowest BCUT2D eigenvalue weighted by atomic mass is 9.94. The van der Waals surface area contributed by atoms with Crippen LogP contribution < -0.4 is 4.74 Å². The molecule has 3 nitrogen and oxygen atoms in total. The SMILES string of the molecule is COc1cc2c3c(c1)c1ccccc1n3CC(C)C2=O. The number of carbonyl (C=O) groups excluding carboxylic acids is 1. The van der Waals surface area contributed by atoms with Gasteiger partial charge in [0.2, 0.25) is 0 Å². The molecule has 0 bridgehead atoms. The number of fused-ring (bicyclic) bond motifs is 3. The van der Waals surface area contributed by atoms with Gasteiger partial charge in [0.25, 0.3) is 0 Å². The third-order valence-electron chi connectivity index (χ3n) is 4.24. The number of aromatic nitrogens is 1. The van der Waals surface area contributed by atoms with Crippen LogP contribution in [0.5, 0.6) is 5.75 Å². The molecule has 0 spiro atoms. The minimum atomic E-state index is 0.00797. The molecule has 0 aliphatic carbocycles.